The number of hydrogen-bond donors (Lipinski definition) is 0. The van der Waals surface area contributed by atoms with Gasteiger partial charge in [0.15, 0.2) is 9.84 Å². The van der Waals surface area contributed by atoms with E-state index < -0.39 is 9.84 Å². The third-order valence-corrected chi connectivity index (χ3v) is 6.75. The predicted octanol–water partition coefficient (Wildman–Crippen LogP) is 4.39. The Bertz CT molecular complexity index is 773. The van der Waals surface area contributed by atoms with E-state index in [9.17, 15) is 8.42 Å². The van der Waals surface area contributed by atoms with E-state index in [2.05, 4.69) is 15.9 Å². The zero-order chi connectivity index (χ0) is 15.0. The Kier molecular flexibility index (Phi) is 4.12. The fourth-order valence-electron chi connectivity index (χ4n) is 2.99. The fraction of sp³-hybridized carbons (Fsp3) is 0.250. The molecular formula is C16H14BrClO2S. The molecule has 1 aliphatic rings. The van der Waals surface area contributed by atoms with E-state index in [1.54, 1.807) is 12.1 Å². The summed E-state index contributed by atoms with van der Waals surface area (Å²) in [6, 6.07) is 15.0. The van der Waals surface area contributed by atoms with Crippen molar-refractivity contribution in [2.45, 2.75) is 16.7 Å². The molecule has 2 unspecified atom stereocenters. The molecule has 0 amide bonds. The molecule has 0 aliphatic carbocycles. The van der Waals surface area contributed by atoms with Crippen molar-refractivity contribution >= 4 is 37.4 Å². The Morgan fingerprint density at radius 3 is 2.67 bits per heavy atom. The maximum absolute atomic E-state index is 12.3. The van der Waals surface area contributed by atoms with Gasteiger partial charge in [-0.25, -0.2) is 8.42 Å². The summed E-state index contributed by atoms with van der Waals surface area (Å²) in [6.45, 7) is 0. The van der Waals surface area contributed by atoms with Crippen LogP contribution in [0.3, 0.4) is 0 Å². The molecule has 0 saturated heterocycles. The van der Waals surface area contributed by atoms with Gasteiger partial charge in [-0.2, -0.15) is 0 Å². The number of sulfone groups is 1. The van der Waals surface area contributed by atoms with Crippen molar-refractivity contribution in [2.24, 2.45) is 0 Å². The smallest absolute Gasteiger partial charge is 0.179 e. The second-order valence-electron chi connectivity index (χ2n) is 5.24. The van der Waals surface area contributed by atoms with E-state index in [1.807, 2.05) is 36.4 Å². The zero-order valence-electron chi connectivity index (χ0n) is 11.2. The standard InChI is InChI=1S/C16H14BrClO2S/c17-9-14(11-4-3-5-12(18)8-11)15-10-21(19,20)16-7-2-1-6-13(15)16/h1-8,14-15H,9-10H2. The molecule has 0 saturated carbocycles. The molecule has 21 heavy (non-hydrogen) atoms. The van der Waals surface area contributed by atoms with Crippen LogP contribution in [0.25, 0.3) is 0 Å². The summed E-state index contributed by atoms with van der Waals surface area (Å²) in [5.74, 6) is 0.209. The predicted molar refractivity (Wildman–Crippen MR) is 89.2 cm³/mol. The molecule has 0 aromatic heterocycles. The minimum absolute atomic E-state index is 0.0379. The summed E-state index contributed by atoms with van der Waals surface area (Å²) in [5, 5.41) is 1.37. The van der Waals surface area contributed by atoms with Crippen LogP contribution >= 0.6 is 27.5 Å². The molecule has 0 N–H and O–H groups in total. The van der Waals surface area contributed by atoms with Gasteiger partial charge in [-0.1, -0.05) is 57.9 Å². The summed E-state index contributed by atoms with van der Waals surface area (Å²) in [5.41, 5.74) is 1.98. The molecule has 0 bridgehead atoms. The Labute approximate surface area is 138 Å². The molecule has 0 fully saturated rings. The number of rotatable bonds is 3. The van der Waals surface area contributed by atoms with Gasteiger partial charge >= 0.3 is 0 Å². The molecule has 1 aliphatic heterocycles. The van der Waals surface area contributed by atoms with Crippen LogP contribution in [0.1, 0.15) is 23.0 Å². The topological polar surface area (TPSA) is 34.1 Å². The SMILES string of the molecule is O=S1(=O)CC(C(CBr)c2cccc(Cl)c2)c2ccccc21. The van der Waals surface area contributed by atoms with Gasteiger partial charge in [-0.15, -0.1) is 0 Å². The van der Waals surface area contributed by atoms with Crippen molar-refractivity contribution < 1.29 is 8.42 Å². The van der Waals surface area contributed by atoms with Gasteiger partial charge in [0.25, 0.3) is 0 Å². The molecule has 3 rings (SSSR count). The maximum Gasteiger partial charge on any atom is 0.179 e. The monoisotopic (exact) mass is 384 g/mol. The minimum Gasteiger partial charge on any atom is -0.224 e. The highest BCUT2D eigenvalue weighted by molar-refractivity contribution is 9.09. The van der Waals surface area contributed by atoms with Crippen LogP contribution in [-0.4, -0.2) is 19.5 Å². The van der Waals surface area contributed by atoms with E-state index >= 15 is 0 Å². The normalized spacial score (nSPS) is 21.0. The van der Waals surface area contributed by atoms with Gasteiger partial charge in [0.1, 0.15) is 0 Å². The van der Waals surface area contributed by atoms with E-state index in [4.69, 9.17) is 11.6 Å². The Morgan fingerprint density at radius 1 is 1.19 bits per heavy atom. The number of alkyl halides is 1. The highest BCUT2D eigenvalue weighted by atomic mass is 79.9. The van der Waals surface area contributed by atoms with E-state index in [-0.39, 0.29) is 17.6 Å². The van der Waals surface area contributed by atoms with Crippen molar-refractivity contribution in [3.63, 3.8) is 0 Å². The van der Waals surface area contributed by atoms with Crippen LogP contribution in [0.4, 0.5) is 0 Å². The number of benzene rings is 2. The van der Waals surface area contributed by atoms with Gasteiger partial charge in [0.05, 0.1) is 10.6 Å². The van der Waals surface area contributed by atoms with E-state index in [0.29, 0.717) is 15.2 Å². The van der Waals surface area contributed by atoms with E-state index in [0.717, 1.165) is 11.1 Å². The Hall–Kier alpha value is -0.840. The number of halogens is 2. The van der Waals surface area contributed by atoms with Crippen molar-refractivity contribution in [3.8, 4) is 0 Å². The van der Waals surface area contributed by atoms with Crippen LogP contribution in [0.2, 0.25) is 5.02 Å². The van der Waals surface area contributed by atoms with Crippen molar-refractivity contribution in [3.05, 3.63) is 64.7 Å². The summed E-state index contributed by atoms with van der Waals surface area (Å²) in [4.78, 5) is 0.475. The van der Waals surface area contributed by atoms with Crippen LogP contribution in [0.15, 0.2) is 53.4 Å². The van der Waals surface area contributed by atoms with Crippen LogP contribution in [0.5, 0.6) is 0 Å². The van der Waals surface area contributed by atoms with Gasteiger partial charge in [0.2, 0.25) is 0 Å². The lowest BCUT2D eigenvalue weighted by Gasteiger charge is -2.22. The van der Waals surface area contributed by atoms with Crippen LogP contribution in [-0.2, 0) is 9.84 Å². The molecule has 0 spiro atoms. The molecule has 2 aromatic carbocycles. The Balaban J connectivity index is 2.08. The van der Waals surface area contributed by atoms with Crippen molar-refractivity contribution in [1.29, 1.82) is 0 Å². The molecule has 110 valence electrons. The number of hydrogen-bond acceptors (Lipinski definition) is 2. The molecular weight excluding hydrogens is 372 g/mol. The van der Waals surface area contributed by atoms with Gasteiger partial charge in [-0.05, 0) is 29.3 Å². The number of fused-ring (bicyclic) bond motifs is 1. The van der Waals surface area contributed by atoms with Gasteiger partial charge in [0, 0.05) is 22.2 Å². The Morgan fingerprint density at radius 2 is 1.95 bits per heavy atom. The molecule has 2 aromatic rings. The lowest BCUT2D eigenvalue weighted by Crippen LogP contribution is -2.15. The molecule has 2 atom stereocenters. The van der Waals surface area contributed by atoms with Crippen LogP contribution in [0, 0.1) is 0 Å². The molecule has 5 heteroatoms. The summed E-state index contributed by atoms with van der Waals surface area (Å²) in [6.07, 6.45) is 0. The first-order valence-electron chi connectivity index (χ1n) is 6.66. The zero-order valence-corrected chi connectivity index (χ0v) is 14.3. The lowest BCUT2D eigenvalue weighted by atomic mass is 9.84. The quantitative estimate of drug-likeness (QED) is 0.734. The van der Waals surface area contributed by atoms with Gasteiger partial charge in [-0.3, -0.25) is 0 Å². The highest BCUT2D eigenvalue weighted by Crippen LogP contribution is 2.44. The first kappa shape index (κ1) is 15.1. The summed E-state index contributed by atoms with van der Waals surface area (Å²) in [7, 11) is -3.18. The third kappa shape index (κ3) is 2.77. The summed E-state index contributed by atoms with van der Waals surface area (Å²) < 4.78 is 24.7. The first-order chi connectivity index (χ1) is 10.0. The van der Waals surface area contributed by atoms with Crippen molar-refractivity contribution in [2.75, 3.05) is 11.1 Å². The molecule has 0 radical (unpaired) electrons. The maximum atomic E-state index is 12.3. The van der Waals surface area contributed by atoms with Gasteiger partial charge < -0.3 is 0 Å². The molecule has 2 nitrogen and oxygen atoms in total. The first-order valence-corrected chi connectivity index (χ1v) is 9.81. The minimum atomic E-state index is -3.18. The van der Waals surface area contributed by atoms with E-state index in [1.165, 1.54) is 0 Å². The average molecular weight is 386 g/mol. The largest absolute Gasteiger partial charge is 0.224 e. The molecule has 1 heterocycles. The van der Waals surface area contributed by atoms with Crippen LogP contribution < -0.4 is 0 Å². The van der Waals surface area contributed by atoms with Crippen molar-refractivity contribution in [1.82, 2.24) is 0 Å². The average Bonchev–Trinajstić information content (AvgIpc) is 2.73. The lowest BCUT2D eigenvalue weighted by molar-refractivity contribution is 0.589. The summed E-state index contributed by atoms with van der Waals surface area (Å²) >= 11 is 9.61. The third-order valence-electron chi connectivity index (χ3n) is 3.98. The highest BCUT2D eigenvalue weighted by Gasteiger charge is 2.38. The second-order valence-corrected chi connectivity index (χ2v) is 8.33. The fourth-order valence-corrected chi connectivity index (χ4v) is 5.94. The second kappa shape index (κ2) is 5.75.